The lowest BCUT2D eigenvalue weighted by Crippen LogP contribution is -2.66. The summed E-state index contributed by atoms with van der Waals surface area (Å²) in [6.45, 7) is -0.704. The quantitative estimate of drug-likeness (QED) is 0.694. The summed E-state index contributed by atoms with van der Waals surface area (Å²) in [5.74, 6) is 0.514. The number of H-pyrrole nitrogens is 1. The number of alkyl halides is 2. The molecule has 2 aromatic rings. The van der Waals surface area contributed by atoms with Gasteiger partial charge in [0, 0.05) is 35.6 Å². The van der Waals surface area contributed by atoms with Gasteiger partial charge in [0.2, 0.25) is 5.91 Å². The molecule has 4 aliphatic rings. The molecule has 1 N–H and O–H groups in total. The number of piperidine rings is 2. The zero-order chi connectivity index (χ0) is 20.3. The van der Waals surface area contributed by atoms with Gasteiger partial charge in [-0.05, 0) is 61.6 Å². The molecule has 3 atom stereocenters. The summed E-state index contributed by atoms with van der Waals surface area (Å²) < 4.78 is 31.0. The van der Waals surface area contributed by atoms with Gasteiger partial charge >= 0.3 is 6.61 Å². The normalized spacial score (nSPS) is 31.8. The Morgan fingerprint density at radius 1 is 1.31 bits per heavy atom. The Labute approximate surface area is 173 Å². The van der Waals surface area contributed by atoms with E-state index in [1.807, 2.05) is 36.2 Å². The number of nitrogens with one attached hydrogen (secondary N) is 1. The van der Waals surface area contributed by atoms with E-state index in [-0.39, 0.29) is 23.9 Å². The molecule has 3 unspecified atom stereocenters. The van der Waals surface area contributed by atoms with Crippen molar-refractivity contribution in [2.45, 2.75) is 75.7 Å². The van der Waals surface area contributed by atoms with E-state index < -0.39 is 12.2 Å². The van der Waals surface area contributed by atoms with Crippen LogP contribution >= 0.6 is 11.6 Å². The SMILES string of the molecule is CC(CC(=O)N1C2CC3CC1CC(OC(F)F)(C3)C2)c1c[nH]c2cccc(Cl)c12. The Bertz CT molecular complexity index is 926. The number of hydrogen-bond donors (Lipinski definition) is 1. The standard InChI is InChI=1S/C22H25ClF2N2O2/c1-12(16-11-26-18-4-2-3-17(23)20(16)18)5-19(28)27-14-6-13-7-15(27)10-22(8-13,9-14)29-21(24)25/h2-4,11-15,21,26H,5-10H2,1H3. The lowest BCUT2D eigenvalue weighted by Gasteiger charge is -2.61. The van der Waals surface area contributed by atoms with Crippen LogP contribution in [-0.2, 0) is 9.53 Å². The highest BCUT2D eigenvalue weighted by atomic mass is 35.5. The minimum atomic E-state index is -2.75. The molecule has 4 fully saturated rings. The number of benzene rings is 1. The van der Waals surface area contributed by atoms with Crippen LogP contribution in [-0.4, -0.2) is 40.1 Å². The van der Waals surface area contributed by atoms with Crippen molar-refractivity contribution in [3.63, 3.8) is 0 Å². The number of halogens is 3. The van der Waals surface area contributed by atoms with Crippen LogP contribution in [0.25, 0.3) is 10.9 Å². The Balaban J connectivity index is 1.34. The largest absolute Gasteiger partial charge is 0.361 e. The van der Waals surface area contributed by atoms with Crippen molar-refractivity contribution < 1.29 is 18.3 Å². The van der Waals surface area contributed by atoms with E-state index in [1.54, 1.807) is 0 Å². The Hall–Kier alpha value is -1.66. The maximum atomic E-state index is 13.3. The molecule has 29 heavy (non-hydrogen) atoms. The predicted octanol–water partition coefficient (Wildman–Crippen LogP) is 5.47. The van der Waals surface area contributed by atoms with Gasteiger partial charge in [-0.3, -0.25) is 4.79 Å². The van der Waals surface area contributed by atoms with Gasteiger partial charge in [0.05, 0.1) is 10.6 Å². The molecular weight excluding hydrogens is 398 g/mol. The first-order valence-corrected chi connectivity index (χ1v) is 10.8. The number of rotatable bonds is 5. The van der Waals surface area contributed by atoms with E-state index in [9.17, 15) is 13.6 Å². The molecule has 3 heterocycles. The van der Waals surface area contributed by atoms with Crippen molar-refractivity contribution >= 4 is 28.4 Å². The zero-order valence-electron chi connectivity index (χ0n) is 16.3. The van der Waals surface area contributed by atoms with E-state index in [4.69, 9.17) is 16.3 Å². The summed E-state index contributed by atoms with van der Waals surface area (Å²) >= 11 is 6.40. The van der Waals surface area contributed by atoms with Crippen LogP contribution < -0.4 is 0 Å². The molecule has 0 radical (unpaired) electrons. The molecule has 4 bridgehead atoms. The van der Waals surface area contributed by atoms with Crippen molar-refractivity contribution in [3.05, 3.63) is 35.0 Å². The molecular formula is C22H25ClF2N2O2. The maximum absolute atomic E-state index is 13.3. The molecule has 1 aromatic carbocycles. The predicted molar refractivity (Wildman–Crippen MR) is 107 cm³/mol. The summed E-state index contributed by atoms with van der Waals surface area (Å²) in [6.07, 6.45) is 5.90. The first-order valence-electron chi connectivity index (χ1n) is 10.4. The summed E-state index contributed by atoms with van der Waals surface area (Å²) in [7, 11) is 0. The number of aromatic amines is 1. The van der Waals surface area contributed by atoms with Crippen LogP contribution in [0, 0.1) is 5.92 Å². The minimum absolute atomic E-state index is 0.0135. The highest BCUT2D eigenvalue weighted by molar-refractivity contribution is 6.35. The van der Waals surface area contributed by atoms with Gasteiger partial charge in [0.1, 0.15) is 0 Å². The second kappa shape index (κ2) is 6.95. The van der Waals surface area contributed by atoms with Crippen molar-refractivity contribution in [3.8, 4) is 0 Å². The highest BCUT2D eigenvalue weighted by Gasteiger charge is 2.57. The summed E-state index contributed by atoms with van der Waals surface area (Å²) in [4.78, 5) is 18.5. The maximum Gasteiger partial charge on any atom is 0.345 e. The molecule has 2 aliphatic heterocycles. The number of carbonyl (C=O) groups is 1. The summed E-state index contributed by atoms with van der Waals surface area (Å²) in [5.41, 5.74) is 1.27. The molecule has 2 aliphatic carbocycles. The van der Waals surface area contributed by atoms with Gasteiger partial charge in [-0.25, -0.2) is 0 Å². The topological polar surface area (TPSA) is 45.3 Å². The second-order valence-corrected chi connectivity index (χ2v) is 9.54. The summed E-state index contributed by atoms with van der Waals surface area (Å²) in [6, 6.07) is 5.78. The van der Waals surface area contributed by atoms with Crippen LogP contribution in [0.5, 0.6) is 0 Å². The Kier molecular flexibility index (Phi) is 4.63. The van der Waals surface area contributed by atoms with Crippen molar-refractivity contribution in [2.24, 2.45) is 5.92 Å². The molecule has 7 heteroatoms. The van der Waals surface area contributed by atoms with Crippen LogP contribution in [0.15, 0.2) is 24.4 Å². The molecule has 6 rings (SSSR count). The minimum Gasteiger partial charge on any atom is -0.361 e. The monoisotopic (exact) mass is 422 g/mol. The first kappa shape index (κ1) is 19.3. The first-order chi connectivity index (χ1) is 13.8. The average Bonchev–Trinajstić information content (AvgIpc) is 3.05. The third-order valence-electron chi connectivity index (χ3n) is 7.20. The molecule has 0 spiro atoms. The smallest absolute Gasteiger partial charge is 0.345 e. The average molecular weight is 423 g/mol. The van der Waals surface area contributed by atoms with E-state index in [0.717, 1.165) is 29.3 Å². The van der Waals surface area contributed by atoms with E-state index in [2.05, 4.69) is 4.98 Å². The lowest BCUT2D eigenvalue weighted by molar-refractivity contribution is -0.262. The van der Waals surface area contributed by atoms with Gasteiger partial charge in [-0.2, -0.15) is 8.78 Å². The van der Waals surface area contributed by atoms with Crippen LogP contribution in [0.3, 0.4) is 0 Å². The second-order valence-electron chi connectivity index (χ2n) is 9.13. The molecule has 1 aromatic heterocycles. The third-order valence-corrected chi connectivity index (χ3v) is 7.51. The molecule has 2 saturated heterocycles. The fourth-order valence-electron chi connectivity index (χ4n) is 6.33. The number of ether oxygens (including phenoxy) is 1. The van der Waals surface area contributed by atoms with Crippen molar-refractivity contribution in [2.75, 3.05) is 0 Å². The summed E-state index contributed by atoms with van der Waals surface area (Å²) in [5, 5.41) is 1.65. The number of amides is 1. The van der Waals surface area contributed by atoms with Crippen molar-refractivity contribution in [1.82, 2.24) is 9.88 Å². The highest BCUT2D eigenvalue weighted by Crippen LogP contribution is 2.54. The number of nitrogens with zero attached hydrogens (tertiary/aromatic N) is 1. The molecule has 156 valence electrons. The Morgan fingerprint density at radius 3 is 2.72 bits per heavy atom. The molecule has 2 saturated carbocycles. The van der Waals surface area contributed by atoms with Crippen LogP contribution in [0.1, 0.15) is 56.9 Å². The fraction of sp³-hybridized carbons (Fsp3) is 0.591. The van der Waals surface area contributed by atoms with Crippen LogP contribution in [0.2, 0.25) is 5.02 Å². The van der Waals surface area contributed by atoms with Gasteiger partial charge in [0.15, 0.2) is 0 Å². The van der Waals surface area contributed by atoms with Crippen LogP contribution in [0.4, 0.5) is 8.78 Å². The molecule has 4 nitrogen and oxygen atoms in total. The third kappa shape index (κ3) is 3.25. The van der Waals surface area contributed by atoms with E-state index in [1.165, 1.54) is 0 Å². The number of fused-ring (bicyclic) bond motifs is 1. The fourth-order valence-corrected chi connectivity index (χ4v) is 6.61. The van der Waals surface area contributed by atoms with Gasteiger partial charge < -0.3 is 14.6 Å². The van der Waals surface area contributed by atoms with Gasteiger partial charge in [-0.1, -0.05) is 24.6 Å². The molecule has 1 amide bonds. The lowest BCUT2D eigenvalue weighted by atomic mass is 9.61. The van der Waals surface area contributed by atoms with E-state index in [0.29, 0.717) is 36.6 Å². The van der Waals surface area contributed by atoms with Gasteiger partial charge in [-0.15, -0.1) is 0 Å². The van der Waals surface area contributed by atoms with E-state index >= 15 is 0 Å². The number of carbonyl (C=O) groups excluding carboxylic acids is 1. The zero-order valence-corrected chi connectivity index (χ0v) is 17.1. The van der Waals surface area contributed by atoms with Crippen molar-refractivity contribution in [1.29, 1.82) is 0 Å². The number of hydrogen-bond acceptors (Lipinski definition) is 2. The number of aromatic nitrogens is 1. The van der Waals surface area contributed by atoms with Gasteiger partial charge in [0.25, 0.3) is 0 Å². The Morgan fingerprint density at radius 2 is 2.03 bits per heavy atom.